The Kier molecular flexibility index (Phi) is 3.22. The van der Waals surface area contributed by atoms with E-state index in [0.717, 1.165) is 0 Å². The maximum Gasteiger partial charge on any atom is 0.331 e. The molecule has 0 spiro atoms. The van der Waals surface area contributed by atoms with Crippen LogP contribution in [0.25, 0.3) is 0 Å². The summed E-state index contributed by atoms with van der Waals surface area (Å²) in [4.78, 5) is 10.1. The fraction of sp³-hybridized carbons (Fsp3) is 0.286. The zero-order chi connectivity index (χ0) is 7.28. The summed E-state index contributed by atoms with van der Waals surface area (Å²) >= 11 is 0. The fourth-order valence-electron chi connectivity index (χ4n) is 0.242. The molecule has 0 aromatic rings. The van der Waals surface area contributed by atoms with E-state index in [-0.39, 0.29) is 5.57 Å². The zero-order valence-electron chi connectivity index (χ0n) is 5.43. The number of aliphatic carboxylic acids is 1. The van der Waals surface area contributed by atoms with Crippen LogP contribution in [-0.2, 0) is 4.79 Å². The van der Waals surface area contributed by atoms with E-state index in [0.29, 0.717) is 0 Å². The Balaban J connectivity index is 4.11. The predicted octanol–water partition coefficient (Wildman–Crippen LogP) is 1.04. The lowest BCUT2D eigenvalue weighted by Gasteiger charge is -1.84. The first-order valence-electron chi connectivity index (χ1n) is 2.51. The number of carbonyl (C=O) groups is 1. The number of hydrogen-bond donors (Lipinski definition) is 1. The van der Waals surface area contributed by atoms with Crippen molar-refractivity contribution in [2.45, 2.75) is 13.8 Å². The molecule has 0 aliphatic carbocycles. The average Bonchev–Trinajstić information content (AvgIpc) is 1.82. The van der Waals surface area contributed by atoms with Gasteiger partial charge in [-0.25, -0.2) is 4.79 Å². The van der Waals surface area contributed by atoms with Crippen molar-refractivity contribution >= 4 is 5.97 Å². The monoisotopic (exact) mass is 124 g/mol. The molecule has 0 aliphatic heterocycles. The summed E-state index contributed by atoms with van der Waals surface area (Å²) < 4.78 is 0. The van der Waals surface area contributed by atoms with Crippen molar-refractivity contribution in [1.29, 1.82) is 0 Å². The lowest BCUT2D eigenvalue weighted by atomic mass is 10.3. The minimum Gasteiger partial charge on any atom is -0.478 e. The molecule has 1 N–H and O–H groups in total. The Morgan fingerprint density at radius 1 is 1.67 bits per heavy atom. The summed E-state index contributed by atoms with van der Waals surface area (Å²) in [6.45, 7) is 3.16. The van der Waals surface area contributed by atoms with Gasteiger partial charge in [-0.15, -0.1) is 5.92 Å². The molecule has 0 aromatic heterocycles. The third-order valence-corrected chi connectivity index (χ3v) is 0.770. The van der Waals surface area contributed by atoms with E-state index in [4.69, 9.17) is 5.11 Å². The van der Waals surface area contributed by atoms with E-state index in [1.165, 1.54) is 13.0 Å². The van der Waals surface area contributed by atoms with Gasteiger partial charge in [0.25, 0.3) is 0 Å². The van der Waals surface area contributed by atoms with Gasteiger partial charge in [-0.2, -0.15) is 0 Å². The largest absolute Gasteiger partial charge is 0.478 e. The molecular weight excluding hydrogens is 116 g/mol. The van der Waals surface area contributed by atoms with Gasteiger partial charge < -0.3 is 5.11 Å². The molecule has 0 saturated heterocycles. The number of carboxylic acid groups (broad SMARTS) is 1. The van der Waals surface area contributed by atoms with E-state index < -0.39 is 5.97 Å². The second-order valence-electron chi connectivity index (χ2n) is 1.53. The molecule has 0 unspecified atom stereocenters. The Labute approximate surface area is 54.2 Å². The maximum atomic E-state index is 10.1. The number of hydrogen-bond acceptors (Lipinski definition) is 1. The van der Waals surface area contributed by atoms with E-state index in [1.807, 2.05) is 0 Å². The molecule has 9 heavy (non-hydrogen) atoms. The lowest BCUT2D eigenvalue weighted by Crippen LogP contribution is -1.94. The van der Waals surface area contributed by atoms with Crippen LogP contribution in [0.4, 0.5) is 0 Å². The van der Waals surface area contributed by atoms with Crippen LogP contribution >= 0.6 is 0 Å². The highest BCUT2D eigenvalue weighted by atomic mass is 16.4. The standard InChI is InChI=1S/C7H8O2/c1-3-4-5-6(2)7(8)9/h5H,1-2H3,(H,8,9). The fourth-order valence-corrected chi connectivity index (χ4v) is 0.242. The quantitative estimate of drug-likeness (QED) is 0.419. The third-order valence-electron chi connectivity index (χ3n) is 0.770. The molecule has 0 saturated carbocycles. The molecule has 2 heteroatoms. The minimum absolute atomic E-state index is 0.268. The highest BCUT2D eigenvalue weighted by Crippen LogP contribution is 1.88. The SMILES string of the molecule is CC#CC=C(C)C(=O)O. The lowest BCUT2D eigenvalue weighted by molar-refractivity contribution is -0.132. The van der Waals surface area contributed by atoms with E-state index in [2.05, 4.69) is 11.8 Å². The van der Waals surface area contributed by atoms with Gasteiger partial charge in [0, 0.05) is 5.57 Å². The van der Waals surface area contributed by atoms with Crippen LogP contribution < -0.4 is 0 Å². The molecule has 0 aliphatic rings. The zero-order valence-corrected chi connectivity index (χ0v) is 5.43. The Morgan fingerprint density at radius 3 is 2.56 bits per heavy atom. The number of allylic oxidation sites excluding steroid dienone is 1. The topological polar surface area (TPSA) is 37.3 Å². The first-order chi connectivity index (χ1) is 4.18. The summed E-state index contributed by atoms with van der Waals surface area (Å²) in [7, 11) is 0. The molecule has 0 bridgehead atoms. The van der Waals surface area contributed by atoms with Gasteiger partial charge in [0.2, 0.25) is 0 Å². The van der Waals surface area contributed by atoms with Gasteiger partial charge >= 0.3 is 5.97 Å². The maximum absolute atomic E-state index is 10.1. The van der Waals surface area contributed by atoms with Crippen LogP contribution in [0, 0.1) is 11.8 Å². The molecular formula is C7H8O2. The van der Waals surface area contributed by atoms with Gasteiger partial charge in [-0.05, 0) is 19.9 Å². The van der Waals surface area contributed by atoms with Crippen LogP contribution in [0.1, 0.15) is 13.8 Å². The molecule has 0 rings (SSSR count). The first kappa shape index (κ1) is 7.77. The van der Waals surface area contributed by atoms with E-state index in [9.17, 15) is 4.79 Å². The Hall–Kier alpha value is -1.23. The van der Waals surface area contributed by atoms with E-state index >= 15 is 0 Å². The second-order valence-corrected chi connectivity index (χ2v) is 1.53. The molecule has 0 radical (unpaired) electrons. The predicted molar refractivity (Wildman–Crippen MR) is 34.8 cm³/mol. The van der Waals surface area contributed by atoms with Crippen molar-refractivity contribution in [3.8, 4) is 11.8 Å². The Bertz CT molecular complexity index is 191. The van der Waals surface area contributed by atoms with Crippen LogP contribution in [-0.4, -0.2) is 11.1 Å². The van der Waals surface area contributed by atoms with Crippen LogP contribution in [0.3, 0.4) is 0 Å². The van der Waals surface area contributed by atoms with Crippen molar-refractivity contribution in [3.63, 3.8) is 0 Å². The summed E-state index contributed by atoms with van der Waals surface area (Å²) in [6, 6.07) is 0. The summed E-state index contributed by atoms with van der Waals surface area (Å²) in [5.74, 6) is 4.18. The van der Waals surface area contributed by atoms with Crippen LogP contribution in [0.2, 0.25) is 0 Å². The van der Waals surface area contributed by atoms with Crippen molar-refractivity contribution in [1.82, 2.24) is 0 Å². The van der Waals surface area contributed by atoms with Crippen molar-refractivity contribution < 1.29 is 9.90 Å². The summed E-state index contributed by atoms with van der Waals surface area (Å²) in [5, 5.41) is 8.27. The third kappa shape index (κ3) is 3.36. The van der Waals surface area contributed by atoms with Crippen LogP contribution in [0.15, 0.2) is 11.6 Å². The minimum atomic E-state index is -0.919. The molecule has 0 aromatic carbocycles. The molecule has 0 fully saturated rings. The van der Waals surface area contributed by atoms with Gasteiger partial charge in [0.1, 0.15) is 0 Å². The second kappa shape index (κ2) is 3.73. The molecule has 0 heterocycles. The summed E-state index contributed by atoms with van der Waals surface area (Å²) in [6.07, 6.45) is 1.38. The number of carboxylic acids is 1. The van der Waals surface area contributed by atoms with Gasteiger partial charge in [-0.3, -0.25) is 0 Å². The van der Waals surface area contributed by atoms with Crippen molar-refractivity contribution in [3.05, 3.63) is 11.6 Å². The summed E-state index contributed by atoms with van der Waals surface area (Å²) in [5.41, 5.74) is 0.268. The number of rotatable bonds is 1. The van der Waals surface area contributed by atoms with Crippen molar-refractivity contribution in [2.24, 2.45) is 0 Å². The first-order valence-corrected chi connectivity index (χ1v) is 2.51. The van der Waals surface area contributed by atoms with Crippen LogP contribution in [0.5, 0.6) is 0 Å². The molecule has 0 atom stereocenters. The van der Waals surface area contributed by atoms with Gasteiger partial charge in [-0.1, -0.05) is 5.92 Å². The highest BCUT2D eigenvalue weighted by Gasteiger charge is 1.94. The normalized spacial score (nSPS) is 9.78. The smallest absolute Gasteiger partial charge is 0.331 e. The highest BCUT2D eigenvalue weighted by molar-refractivity contribution is 5.86. The molecule has 48 valence electrons. The molecule has 0 amide bonds. The van der Waals surface area contributed by atoms with Gasteiger partial charge in [0.05, 0.1) is 0 Å². The molecule has 2 nitrogen and oxygen atoms in total. The Morgan fingerprint density at radius 2 is 2.22 bits per heavy atom. The van der Waals surface area contributed by atoms with Gasteiger partial charge in [0.15, 0.2) is 0 Å². The van der Waals surface area contributed by atoms with E-state index in [1.54, 1.807) is 6.92 Å². The average molecular weight is 124 g/mol. The van der Waals surface area contributed by atoms with Crippen molar-refractivity contribution in [2.75, 3.05) is 0 Å².